The molecule has 146 valence electrons. The van der Waals surface area contributed by atoms with Crippen molar-refractivity contribution in [2.45, 2.75) is 18.2 Å². The molecule has 0 bridgehead atoms. The molecule has 4 unspecified atom stereocenters. The number of amides is 2. The van der Waals surface area contributed by atoms with Crippen molar-refractivity contribution < 1.29 is 24.2 Å². The van der Waals surface area contributed by atoms with Crippen LogP contribution in [0.1, 0.15) is 16.5 Å². The molecule has 4 rings (SSSR count). The predicted octanol–water partition coefficient (Wildman–Crippen LogP) is 1.66. The maximum atomic E-state index is 12.8. The van der Waals surface area contributed by atoms with E-state index in [1.54, 1.807) is 0 Å². The number of hydrogen-bond donors (Lipinski definition) is 2. The summed E-state index contributed by atoms with van der Waals surface area (Å²) in [5.41, 5.74) is -0.760. The minimum atomic E-state index is -1.66. The molecule has 2 saturated heterocycles. The molecule has 3 heterocycles. The van der Waals surface area contributed by atoms with Gasteiger partial charge in [0.15, 0.2) is 5.54 Å². The van der Waals surface area contributed by atoms with Gasteiger partial charge in [-0.2, -0.15) is 0 Å². The zero-order valence-electron chi connectivity index (χ0n) is 15.2. The average molecular weight is 400 g/mol. The molecule has 2 aromatic rings. The minimum absolute atomic E-state index is 0.215. The molecule has 2 aliphatic rings. The van der Waals surface area contributed by atoms with Crippen LogP contribution in [0.25, 0.3) is 0 Å². The first-order valence-corrected chi connectivity index (χ1v) is 9.81. The quantitative estimate of drug-likeness (QED) is 0.716. The molecule has 8 heteroatoms. The van der Waals surface area contributed by atoms with E-state index >= 15 is 0 Å². The van der Waals surface area contributed by atoms with E-state index in [4.69, 9.17) is 4.74 Å². The van der Waals surface area contributed by atoms with Gasteiger partial charge in [0.05, 0.1) is 31.1 Å². The van der Waals surface area contributed by atoms with Crippen molar-refractivity contribution in [1.29, 1.82) is 0 Å². The molecule has 0 saturated carbocycles. The Hall–Kier alpha value is -2.55. The van der Waals surface area contributed by atoms with E-state index in [1.165, 1.54) is 18.4 Å². The van der Waals surface area contributed by atoms with E-state index in [9.17, 15) is 19.5 Å². The van der Waals surface area contributed by atoms with E-state index in [0.717, 1.165) is 15.3 Å². The number of aliphatic carboxylic acids is 1. The van der Waals surface area contributed by atoms with Crippen LogP contribution >= 0.6 is 11.3 Å². The Labute approximate surface area is 165 Å². The average Bonchev–Trinajstić information content (AvgIpc) is 3.38. The van der Waals surface area contributed by atoms with Gasteiger partial charge in [0, 0.05) is 11.9 Å². The molecule has 7 nitrogen and oxygen atoms in total. The highest BCUT2D eigenvalue weighted by molar-refractivity contribution is 7.10. The van der Waals surface area contributed by atoms with E-state index in [0.29, 0.717) is 0 Å². The number of benzene rings is 1. The topological polar surface area (TPSA) is 95.9 Å². The van der Waals surface area contributed by atoms with Gasteiger partial charge in [0.25, 0.3) is 0 Å². The first kappa shape index (κ1) is 18.8. The van der Waals surface area contributed by atoms with Crippen LogP contribution in [-0.2, 0) is 25.7 Å². The van der Waals surface area contributed by atoms with Gasteiger partial charge in [-0.3, -0.25) is 24.6 Å². The fourth-order valence-electron chi connectivity index (χ4n) is 4.15. The number of nitrogens with zero attached hydrogens (tertiary/aromatic N) is 1. The number of fused-ring (bicyclic) bond motifs is 1. The first-order chi connectivity index (χ1) is 13.5. The Bertz CT molecular complexity index is 901. The monoisotopic (exact) mass is 400 g/mol. The first-order valence-electron chi connectivity index (χ1n) is 8.93. The molecule has 4 atom stereocenters. The summed E-state index contributed by atoms with van der Waals surface area (Å²) in [4.78, 5) is 39.8. The van der Waals surface area contributed by atoms with Gasteiger partial charge < -0.3 is 9.84 Å². The van der Waals surface area contributed by atoms with E-state index in [2.05, 4.69) is 5.32 Å². The maximum absolute atomic E-state index is 12.8. The van der Waals surface area contributed by atoms with Gasteiger partial charge >= 0.3 is 5.97 Å². The van der Waals surface area contributed by atoms with Crippen molar-refractivity contribution in [3.05, 3.63) is 58.3 Å². The van der Waals surface area contributed by atoms with Crippen LogP contribution in [0.4, 0.5) is 0 Å². The lowest BCUT2D eigenvalue weighted by atomic mass is 9.80. The van der Waals surface area contributed by atoms with Crippen LogP contribution in [0.2, 0.25) is 0 Å². The summed E-state index contributed by atoms with van der Waals surface area (Å²) in [5.74, 6) is -3.79. The molecule has 28 heavy (non-hydrogen) atoms. The van der Waals surface area contributed by atoms with Crippen LogP contribution in [-0.4, -0.2) is 47.0 Å². The molecule has 0 spiro atoms. The van der Waals surface area contributed by atoms with Gasteiger partial charge in [-0.15, -0.1) is 11.3 Å². The highest BCUT2D eigenvalue weighted by atomic mass is 32.1. The number of carbonyl (C=O) groups is 3. The Balaban J connectivity index is 1.66. The summed E-state index contributed by atoms with van der Waals surface area (Å²) in [7, 11) is 1.41. The van der Waals surface area contributed by atoms with Gasteiger partial charge in [-0.05, 0) is 17.0 Å². The molecular weight excluding hydrogens is 380 g/mol. The van der Waals surface area contributed by atoms with Gasteiger partial charge in [-0.25, -0.2) is 0 Å². The van der Waals surface area contributed by atoms with E-state index in [1.807, 2.05) is 47.8 Å². The summed E-state index contributed by atoms with van der Waals surface area (Å²) in [6.07, 6.45) is 0. The molecule has 1 aromatic carbocycles. The maximum Gasteiger partial charge on any atom is 0.327 e. The lowest BCUT2D eigenvalue weighted by molar-refractivity contribution is -0.154. The molecule has 0 radical (unpaired) electrons. The van der Waals surface area contributed by atoms with Crippen molar-refractivity contribution in [2.75, 3.05) is 13.7 Å². The Kier molecular flexibility index (Phi) is 4.78. The molecule has 0 aliphatic carbocycles. The number of hydrogen-bond acceptors (Lipinski definition) is 6. The number of nitrogens with one attached hydrogen (secondary N) is 1. The second kappa shape index (κ2) is 7.12. The minimum Gasteiger partial charge on any atom is -0.480 e. The second-order valence-corrected chi connectivity index (χ2v) is 8.11. The second-order valence-electron chi connectivity index (χ2n) is 7.13. The van der Waals surface area contributed by atoms with E-state index in [-0.39, 0.29) is 19.1 Å². The molecule has 2 amide bonds. The van der Waals surface area contributed by atoms with Crippen LogP contribution < -0.4 is 5.32 Å². The molecule has 2 fully saturated rings. The Morgan fingerprint density at radius 3 is 2.61 bits per heavy atom. The standard InChI is InChI=1S/C20H20N2O5S/c1-22-17(23)14-15(18(22)24)20(19(25)26,21-16(14)13-8-5-9-28-13)11-27-10-12-6-3-2-4-7-12/h2-9,14-16,21H,10-11H2,1H3,(H,25,26). The molecule has 2 aliphatic heterocycles. The smallest absolute Gasteiger partial charge is 0.327 e. The highest BCUT2D eigenvalue weighted by Crippen LogP contribution is 2.49. The third kappa shape index (κ3) is 2.85. The number of carboxylic acid groups (broad SMARTS) is 1. The summed E-state index contributed by atoms with van der Waals surface area (Å²) in [5, 5.41) is 15.1. The van der Waals surface area contributed by atoms with Crippen molar-refractivity contribution in [1.82, 2.24) is 10.2 Å². The summed E-state index contributed by atoms with van der Waals surface area (Å²) in [6.45, 7) is 0.00368. The fraction of sp³-hybridized carbons (Fsp3) is 0.350. The van der Waals surface area contributed by atoms with Crippen molar-refractivity contribution in [2.24, 2.45) is 11.8 Å². The summed E-state index contributed by atoms with van der Waals surface area (Å²) >= 11 is 1.43. The zero-order chi connectivity index (χ0) is 19.9. The van der Waals surface area contributed by atoms with Gasteiger partial charge in [-0.1, -0.05) is 36.4 Å². The molecular formula is C20H20N2O5S. The van der Waals surface area contributed by atoms with Crippen LogP contribution in [0.15, 0.2) is 47.8 Å². The number of carbonyl (C=O) groups excluding carboxylic acids is 2. The van der Waals surface area contributed by atoms with Gasteiger partial charge in [0.2, 0.25) is 11.8 Å². The van der Waals surface area contributed by atoms with Crippen LogP contribution in [0.3, 0.4) is 0 Å². The van der Waals surface area contributed by atoms with Crippen LogP contribution in [0, 0.1) is 11.8 Å². The lowest BCUT2D eigenvalue weighted by Crippen LogP contribution is -2.58. The SMILES string of the molecule is CN1C(=O)C2C(c3cccs3)NC(COCc3ccccc3)(C(=O)O)C2C1=O. The Morgan fingerprint density at radius 2 is 1.96 bits per heavy atom. The summed E-state index contributed by atoms with van der Waals surface area (Å²) in [6, 6.07) is 12.5. The lowest BCUT2D eigenvalue weighted by Gasteiger charge is -2.30. The third-order valence-corrected chi connectivity index (χ3v) is 6.50. The van der Waals surface area contributed by atoms with Crippen molar-refractivity contribution >= 4 is 29.1 Å². The van der Waals surface area contributed by atoms with Crippen LogP contribution in [0.5, 0.6) is 0 Å². The number of rotatable bonds is 6. The zero-order valence-corrected chi connectivity index (χ0v) is 16.0. The van der Waals surface area contributed by atoms with E-state index < -0.39 is 35.3 Å². The van der Waals surface area contributed by atoms with Crippen molar-refractivity contribution in [3.63, 3.8) is 0 Å². The summed E-state index contributed by atoms with van der Waals surface area (Å²) < 4.78 is 5.74. The number of ether oxygens (including phenoxy) is 1. The number of likely N-dealkylation sites (tertiary alicyclic amines) is 1. The number of carboxylic acids is 1. The highest BCUT2D eigenvalue weighted by Gasteiger charge is 2.68. The number of imide groups is 1. The third-order valence-electron chi connectivity index (χ3n) is 5.55. The Morgan fingerprint density at radius 1 is 1.21 bits per heavy atom. The fourth-order valence-corrected chi connectivity index (χ4v) is 4.98. The van der Waals surface area contributed by atoms with Gasteiger partial charge in [0.1, 0.15) is 0 Å². The normalized spacial score (nSPS) is 29.3. The van der Waals surface area contributed by atoms with Crippen molar-refractivity contribution in [3.8, 4) is 0 Å². The molecule has 2 N–H and O–H groups in total. The number of thiophene rings is 1. The predicted molar refractivity (Wildman–Crippen MR) is 101 cm³/mol. The largest absolute Gasteiger partial charge is 0.480 e. The molecule has 1 aromatic heterocycles.